The van der Waals surface area contributed by atoms with Gasteiger partial charge < -0.3 is 4.74 Å². The summed E-state index contributed by atoms with van der Waals surface area (Å²) in [6.07, 6.45) is 0.408. The average molecular weight is 393 g/mol. The Balaban J connectivity index is 1.93. The zero-order chi connectivity index (χ0) is 21.0. The van der Waals surface area contributed by atoms with Crippen molar-refractivity contribution in [3.63, 3.8) is 0 Å². The second-order valence-corrected chi connectivity index (χ2v) is 6.66. The fourth-order valence-corrected chi connectivity index (χ4v) is 3.27. The molecule has 1 aliphatic heterocycles. The van der Waals surface area contributed by atoms with E-state index in [-0.39, 0.29) is 6.04 Å². The average Bonchev–Trinajstić information content (AvgIpc) is 2.73. The second-order valence-electron chi connectivity index (χ2n) is 6.66. The maximum absolute atomic E-state index is 13.2. The minimum absolute atomic E-state index is 0.223. The molecule has 0 bridgehead atoms. The third kappa shape index (κ3) is 4.18. The van der Waals surface area contributed by atoms with E-state index in [9.17, 15) is 14.4 Å². The van der Waals surface area contributed by atoms with E-state index in [0.717, 1.165) is 10.5 Å². The topological polar surface area (TPSA) is 88.1 Å². The number of aliphatic imine (C=N–C) groups is 1. The van der Waals surface area contributed by atoms with Gasteiger partial charge in [-0.05, 0) is 43.2 Å². The minimum Gasteiger partial charge on any atom is -0.497 e. The molecule has 7 heteroatoms. The van der Waals surface area contributed by atoms with Gasteiger partial charge in [0.2, 0.25) is 5.91 Å². The van der Waals surface area contributed by atoms with Crippen molar-refractivity contribution >= 4 is 29.2 Å². The summed E-state index contributed by atoms with van der Waals surface area (Å²) in [7, 11) is 1.53. The van der Waals surface area contributed by atoms with Crippen molar-refractivity contribution in [3.05, 3.63) is 60.2 Å². The van der Waals surface area contributed by atoms with Gasteiger partial charge in [0, 0.05) is 5.71 Å². The van der Waals surface area contributed by atoms with Crippen LogP contribution in [0, 0.1) is 5.92 Å². The molecule has 3 rings (SSSR count). The number of amides is 4. The monoisotopic (exact) mass is 393 g/mol. The number of hydrogen-bond acceptors (Lipinski definition) is 5. The third-order valence-corrected chi connectivity index (χ3v) is 4.83. The zero-order valence-electron chi connectivity index (χ0n) is 16.6. The smallest absolute Gasteiger partial charge is 0.335 e. The Kier molecular flexibility index (Phi) is 6.07. The summed E-state index contributed by atoms with van der Waals surface area (Å²) in [6, 6.07) is 15.1. The maximum Gasteiger partial charge on any atom is 0.335 e. The van der Waals surface area contributed by atoms with Gasteiger partial charge in [-0.3, -0.25) is 19.9 Å². The van der Waals surface area contributed by atoms with Crippen LogP contribution in [0.25, 0.3) is 0 Å². The van der Waals surface area contributed by atoms with Crippen LogP contribution in [0.1, 0.15) is 31.9 Å². The van der Waals surface area contributed by atoms with E-state index >= 15 is 0 Å². The van der Waals surface area contributed by atoms with Gasteiger partial charge in [-0.1, -0.05) is 37.3 Å². The van der Waals surface area contributed by atoms with Gasteiger partial charge in [0.1, 0.15) is 5.75 Å². The van der Waals surface area contributed by atoms with E-state index in [2.05, 4.69) is 10.3 Å². The van der Waals surface area contributed by atoms with Crippen LogP contribution in [0.15, 0.2) is 59.6 Å². The van der Waals surface area contributed by atoms with Crippen LogP contribution in [-0.2, 0) is 9.59 Å². The van der Waals surface area contributed by atoms with E-state index in [1.54, 1.807) is 24.3 Å². The van der Waals surface area contributed by atoms with E-state index in [1.165, 1.54) is 7.11 Å². The number of benzene rings is 2. The summed E-state index contributed by atoms with van der Waals surface area (Å²) < 4.78 is 5.11. The number of imide groups is 2. The van der Waals surface area contributed by atoms with Crippen molar-refractivity contribution < 1.29 is 19.1 Å². The molecule has 0 saturated carbocycles. The van der Waals surface area contributed by atoms with Crippen LogP contribution < -0.4 is 15.0 Å². The molecule has 1 aliphatic rings. The van der Waals surface area contributed by atoms with Crippen molar-refractivity contribution in [2.24, 2.45) is 10.9 Å². The Morgan fingerprint density at radius 2 is 1.76 bits per heavy atom. The fourth-order valence-electron chi connectivity index (χ4n) is 3.27. The molecule has 0 radical (unpaired) electrons. The molecule has 7 nitrogen and oxygen atoms in total. The molecule has 150 valence electrons. The van der Waals surface area contributed by atoms with Crippen molar-refractivity contribution in [1.29, 1.82) is 0 Å². The normalized spacial score (nSPS) is 18.4. The standard InChI is InChI=1S/C22H23N3O4/c1-4-18(23-14(2)15-8-6-5-7-9-15)19-20(26)24-22(28)25(21(19)27)16-10-12-17(29-3)13-11-16/h5-14,19H,4H2,1-3H3,(H,24,26,28)/t14-,19?/m1/s1. The van der Waals surface area contributed by atoms with Crippen molar-refractivity contribution in [3.8, 4) is 5.75 Å². The number of urea groups is 1. The first kappa shape index (κ1) is 20.3. The number of nitrogens with one attached hydrogen (secondary N) is 1. The van der Waals surface area contributed by atoms with Crippen LogP contribution in [0.2, 0.25) is 0 Å². The third-order valence-electron chi connectivity index (χ3n) is 4.83. The van der Waals surface area contributed by atoms with Crippen molar-refractivity contribution in [2.75, 3.05) is 12.0 Å². The molecule has 2 aromatic rings. The highest BCUT2D eigenvalue weighted by molar-refractivity contribution is 6.35. The molecule has 0 spiro atoms. The van der Waals surface area contributed by atoms with Gasteiger partial charge in [-0.25, -0.2) is 9.69 Å². The highest BCUT2D eigenvalue weighted by atomic mass is 16.5. The van der Waals surface area contributed by atoms with Crippen molar-refractivity contribution in [2.45, 2.75) is 26.3 Å². The lowest BCUT2D eigenvalue weighted by Crippen LogP contribution is -2.60. The van der Waals surface area contributed by atoms with Gasteiger partial charge in [-0.15, -0.1) is 0 Å². The number of hydrogen-bond donors (Lipinski definition) is 1. The molecule has 1 N–H and O–H groups in total. The van der Waals surface area contributed by atoms with Gasteiger partial charge in [0.15, 0.2) is 5.92 Å². The van der Waals surface area contributed by atoms with Gasteiger partial charge in [0.05, 0.1) is 18.8 Å². The zero-order valence-corrected chi connectivity index (χ0v) is 16.6. The van der Waals surface area contributed by atoms with Gasteiger partial charge in [-0.2, -0.15) is 0 Å². The van der Waals surface area contributed by atoms with Crippen molar-refractivity contribution in [1.82, 2.24) is 5.32 Å². The Labute approximate surface area is 169 Å². The number of nitrogens with zero attached hydrogens (tertiary/aromatic N) is 2. The number of ether oxygens (including phenoxy) is 1. The molecule has 2 aromatic carbocycles. The van der Waals surface area contributed by atoms with Crippen LogP contribution >= 0.6 is 0 Å². The van der Waals surface area contributed by atoms with E-state index in [1.807, 2.05) is 44.2 Å². The maximum atomic E-state index is 13.2. The number of carbonyl (C=O) groups is 3. The second kappa shape index (κ2) is 8.68. The van der Waals surface area contributed by atoms with E-state index in [0.29, 0.717) is 23.6 Å². The molecule has 29 heavy (non-hydrogen) atoms. The quantitative estimate of drug-likeness (QED) is 0.601. The molecule has 1 saturated heterocycles. The predicted molar refractivity (Wildman–Crippen MR) is 110 cm³/mol. The lowest BCUT2D eigenvalue weighted by molar-refractivity contribution is -0.131. The number of anilines is 1. The summed E-state index contributed by atoms with van der Waals surface area (Å²) >= 11 is 0. The molecule has 0 aromatic heterocycles. The molecule has 1 heterocycles. The number of rotatable bonds is 6. The number of barbiturate groups is 1. The summed E-state index contributed by atoms with van der Waals surface area (Å²) in [5, 5.41) is 2.28. The molecule has 1 unspecified atom stereocenters. The Morgan fingerprint density at radius 3 is 2.34 bits per heavy atom. The lowest BCUT2D eigenvalue weighted by Gasteiger charge is -2.31. The summed E-state index contributed by atoms with van der Waals surface area (Å²) in [6.45, 7) is 3.74. The van der Waals surface area contributed by atoms with Crippen LogP contribution in [-0.4, -0.2) is 30.7 Å². The molecule has 0 aliphatic carbocycles. The number of methoxy groups -OCH3 is 1. The molecule has 2 atom stereocenters. The highest BCUT2D eigenvalue weighted by Gasteiger charge is 2.43. The van der Waals surface area contributed by atoms with E-state index in [4.69, 9.17) is 4.74 Å². The van der Waals surface area contributed by atoms with Crippen LogP contribution in [0.4, 0.5) is 10.5 Å². The molecule has 1 fully saturated rings. The Hall–Kier alpha value is -3.48. The number of carbonyl (C=O) groups excluding carboxylic acids is 3. The Bertz CT molecular complexity index is 938. The first-order chi connectivity index (χ1) is 14.0. The van der Waals surface area contributed by atoms with Gasteiger partial charge in [0.25, 0.3) is 5.91 Å². The van der Waals surface area contributed by atoms with Crippen LogP contribution in [0.3, 0.4) is 0 Å². The first-order valence-electron chi connectivity index (χ1n) is 9.40. The summed E-state index contributed by atoms with van der Waals surface area (Å²) in [5.41, 5.74) is 1.78. The largest absolute Gasteiger partial charge is 0.497 e. The van der Waals surface area contributed by atoms with E-state index < -0.39 is 23.8 Å². The van der Waals surface area contributed by atoms with Crippen LogP contribution in [0.5, 0.6) is 5.75 Å². The molecular formula is C22H23N3O4. The lowest BCUT2D eigenvalue weighted by atomic mass is 9.95. The Morgan fingerprint density at radius 1 is 1.10 bits per heavy atom. The highest BCUT2D eigenvalue weighted by Crippen LogP contribution is 2.26. The predicted octanol–water partition coefficient (Wildman–Crippen LogP) is 3.51. The fraction of sp³-hybridized carbons (Fsp3) is 0.273. The summed E-state index contributed by atoms with van der Waals surface area (Å²) in [4.78, 5) is 43.7. The molecule has 4 amide bonds. The van der Waals surface area contributed by atoms with Gasteiger partial charge >= 0.3 is 6.03 Å². The SMILES string of the molecule is CCC(=N[C@H](C)c1ccccc1)C1C(=O)NC(=O)N(c2ccc(OC)cc2)C1=O. The minimum atomic E-state index is -1.15. The first-order valence-corrected chi connectivity index (χ1v) is 9.40. The molecular weight excluding hydrogens is 370 g/mol. The summed E-state index contributed by atoms with van der Waals surface area (Å²) in [5.74, 6) is -1.81.